The summed E-state index contributed by atoms with van der Waals surface area (Å²) in [5, 5.41) is 18.7. The van der Waals surface area contributed by atoms with Crippen LogP contribution in [0.3, 0.4) is 0 Å². The molecule has 0 unspecified atom stereocenters. The van der Waals surface area contributed by atoms with Crippen molar-refractivity contribution in [3.8, 4) is 5.75 Å². The lowest BCUT2D eigenvalue weighted by atomic mass is 10.2. The van der Waals surface area contributed by atoms with Gasteiger partial charge in [0.2, 0.25) is 0 Å². The molecule has 6 nitrogen and oxygen atoms in total. The second kappa shape index (κ2) is 5.22. The van der Waals surface area contributed by atoms with E-state index in [9.17, 15) is 4.79 Å². The number of carboxylic acid groups (broad SMARTS) is 1. The maximum atomic E-state index is 10.9. The van der Waals surface area contributed by atoms with Crippen molar-refractivity contribution in [3.63, 3.8) is 0 Å². The van der Waals surface area contributed by atoms with Gasteiger partial charge in [-0.1, -0.05) is 0 Å². The summed E-state index contributed by atoms with van der Waals surface area (Å²) in [6, 6.07) is 6.50. The highest BCUT2D eigenvalue weighted by molar-refractivity contribution is 5.89. The van der Waals surface area contributed by atoms with Crippen molar-refractivity contribution in [2.45, 2.75) is 6.54 Å². The number of nitrogens with zero attached hydrogens (tertiary/aromatic N) is 1. The molecule has 18 heavy (non-hydrogen) atoms. The molecule has 0 aliphatic heterocycles. The minimum absolute atomic E-state index is 0.211. The van der Waals surface area contributed by atoms with Crippen molar-refractivity contribution in [2.24, 2.45) is 0 Å². The van der Waals surface area contributed by atoms with Gasteiger partial charge in [-0.2, -0.15) is 5.10 Å². The van der Waals surface area contributed by atoms with Crippen LogP contribution >= 0.6 is 0 Å². The molecule has 0 radical (unpaired) electrons. The number of nitrogens with one attached hydrogen (secondary N) is 2. The molecule has 0 bridgehead atoms. The number of anilines is 1. The van der Waals surface area contributed by atoms with Crippen molar-refractivity contribution >= 4 is 11.7 Å². The van der Waals surface area contributed by atoms with Crippen LogP contribution in [0.4, 0.5) is 5.69 Å². The Morgan fingerprint density at radius 2 is 2.33 bits per heavy atom. The van der Waals surface area contributed by atoms with E-state index >= 15 is 0 Å². The van der Waals surface area contributed by atoms with Gasteiger partial charge in [-0.25, -0.2) is 4.79 Å². The minimum atomic E-state index is -0.970. The first-order valence-electron chi connectivity index (χ1n) is 5.34. The van der Waals surface area contributed by atoms with Crippen molar-refractivity contribution in [1.82, 2.24) is 10.2 Å². The van der Waals surface area contributed by atoms with E-state index in [4.69, 9.17) is 9.84 Å². The number of hydrogen-bond donors (Lipinski definition) is 3. The molecule has 3 N–H and O–H groups in total. The van der Waals surface area contributed by atoms with Crippen LogP contribution in [0.25, 0.3) is 0 Å². The summed E-state index contributed by atoms with van der Waals surface area (Å²) in [6.45, 7) is 0.513. The maximum absolute atomic E-state index is 10.9. The topological polar surface area (TPSA) is 87.2 Å². The first-order valence-corrected chi connectivity index (χ1v) is 5.34. The molecule has 0 aliphatic rings. The molecule has 2 aromatic rings. The lowest BCUT2D eigenvalue weighted by Gasteiger charge is -2.11. The molecule has 2 rings (SSSR count). The molecular weight excluding hydrogens is 234 g/mol. The molecule has 0 atom stereocenters. The van der Waals surface area contributed by atoms with Crippen LogP contribution in [0.1, 0.15) is 16.1 Å². The molecule has 0 amide bonds. The molecular formula is C12H13N3O3. The summed E-state index contributed by atoms with van der Waals surface area (Å²) in [5.41, 5.74) is 1.74. The zero-order chi connectivity index (χ0) is 13.0. The Morgan fingerprint density at radius 3 is 2.94 bits per heavy atom. The van der Waals surface area contributed by atoms with Gasteiger partial charge in [0.25, 0.3) is 0 Å². The molecule has 1 aromatic heterocycles. The lowest BCUT2D eigenvalue weighted by molar-refractivity contribution is 0.0697. The number of H-pyrrole nitrogens is 1. The fourth-order valence-corrected chi connectivity index (χ4v) is 1.55. The van der Waals surface area contributed by atoms with E-state index in [1.165, 1.54) is 19.2 Å². The van der Waals surface area contributed by atoms with Gasteiger partial charge in [-0.05, 0) is 24.3 Å². The monoisotopic (exact) mass is 247 g/mol. The number of aromatic nitrogens is 2. The van der Waals surface area contributed by atoms with Gasteiger partial charge >= 0.3 is 5.97 Å². The predicted octanol–water partition coefficient (Wildman–Crippen LogP) is 1.73. The van der Waals surface area contributed by atoms with Crippen LogP contribution < -0.4 is 10.1 Å². The number of carbonyl (C=O) groups is 1. The normalized spacial score (nSPS) is 10.1. The van der Waals surface area contributed by atoms with Crippen LogP contribution in [0.2, 0.25) is 0 Å². The summed E-state index contributed by atoms with van der Waals surface area (Å²) in [5.74, 6) is -0.373. The lowest BCUT2D eigenvalue weighted by Crippen LogP contribution is -2.04. The first-order chi connectivity index (χ1) is 8.70. The van der Waals surface area contributed by atoms with E-state index in [0.29, 0.717) is 18.0 Å². The molecule has 0 spiro atoms. The highest BCUT2D eigenvalue weighted by Gasteiger charge is 2.08. The summed E-state index contributed by atoms with van der Waals surface area (Å²) in [6.07, 6.45) is 1.65. The quantitative estimate of drug-likeness (QED) is 0.749. The third-order valence-corrected chi connectivity index (χ3v) is 2.47. The summed E-state index contributed by atoms with van der Waals surface area (Å²) in [7, 11) is 1.54. The Morgan fingerprint density at radius 1 is 1.50 bits per heavy atom. The third-order valence-electron chi connectivity index (χ3n) is 2.47. The number of hydrogen-bond acceptors (Lipinski definition) is 4. The average Bonchev–Trinajstić information content (AvgIpc) is 2.89. The van der Waals surface area contributed by atoms with Gasteiger partial charge in [0.05, 0.1) is 30.6 Å². The Bertz CT molecular complexity index is 538. The number of aromatic carboxylic acids is 1. The molecule has 0 saturated carbocycles. The van der Waals surface area contributed by atoms with Crippen molar-refractivity contribution in [2.75, 3.05) is 12.4 Å². The second-order valence-corrected chi connectivity index (χ2v) is 3.66. The van der Waals surface area contributed by atoms with Crippen molar-refractivity contribution < 1.29 is 14.6 Å². The third kappa shape index (κ3) is 2.60. The average molecular weight is 247 g/mol. The van der Waals surface area contributed by atoms with Gasteiger partial charge in [0.1, 0.15) is 5.75 Å². The highest BCUT2D eigenvalue weighted by Crippen LogP contribution is 2.25. The van der Waals surface area contributed by atoms with Crippen LogP contribution in [-0.4, -0.2) is 28.4 Å². The molecule has 0 fully saturated rings. The first kappa shape index (κ1) is 12.0. The number of aromatic amines is 1. The molecule has 1 heterocycles. The van der Waals surface area contributed by atoms with E-state index in [0.717, 1.165) is 5.69 Å². The molecule has 6 heteroatoms. The second-order valence-electron chi connectivity index (χ2n) is 3.66. The summed E-state index contributed by atoms with van der Waals surface area (Å²) < 4.78 is 5.17. The summed E-state index contributed by atoms with van der Waals surface area (Å²) in [4.78, 5) is 10.9. The Labute approximate surface area is 104 Å². The molecule has 94 valence electrons. The SMILES string of the molecule is COc1ccc(C(=O)O)cc1NCc1ccn[nH]1. The number of rotatable bonds is 5. The van der Waals surface area contributed by atoms with Gasteiger partial charge in [-0.3, -0.25) is 5.10 Å². The fourth-order valence-electron chi connectivity index (χ4n) is 1.55. The smallest absolute Gasteiger partial charge is 0.335 e. The van der Waals surface area contributed by atoms with Gasteiger partial charge in [-0.15, -0.1) is 0 Å². The zero-order valence-corrected chi connectivity index (χ0v) is 9.80. The fraction of sp³-hybridized carbons (Fsp3) is 0.167. The van der Waals surface area contributed by atoms with Gasteiger partial charge < -0.3 is 15.2 Å². The van der Waals surface area contributed by atoms with E-state index in [2.05, 4.69) is 15.5 Å². The van der Waals surface area contributed by atoms with Crippen molar-refractivity contribution in [3.05, 3.63) is 41.7 Å². The van der Waals surface area contributed by atoms with E-state index in [1.807, 2.05) is 6.07 Å². The maximum Gasteiger partial charge on any atom is 0.335 e. The minimum Gasteiger partial charge on any atom is -0.495 e. The Kier molecular flexibility index (Phi) is 3.47. The van der Waals surface area contributed by atoms with E-state index in [1.54, 1.807) is 12.3 Å². The zero-order valence-electron chi connectivity index (χ0n) is 9.80. The number of benzene rings is 1. The predicted molar refractivity (Wildman–Crippen MR) is 65.9 cm³/mol. The van der Waals surface area contributed by atoms with Crippen LogP contribution in [0, 0.1) is 0 Å². The highest BCUT2D eigenvalue weighted by atomic mass is 16.5. The van der Waals surface area contributed by atoms with Crippen molar-refractivity contribution in [1.29, 1.82) is 0 Å². The number of ether oxygens (including phenoxy) is 1. The number of carboxylic acids is 1. The largest absolute Gasteiger partial charge is 0.495 e. The molecule has 0 saturated heterocycles. The standard InChI is InChI=1S/C12H13N3O3/c1-18-11-3-2-8(12(16)17)6-10(11)13-7-9-4-5-14-15-9/h2-6,13H,7H2,1H3,(H,14,15)(H,16,17). The van der Waals surface area contributed by atoms with E-state index < -0.39 is 5.97 Å². The summed E-state index contributed by atoms with van der Waals surface area (Å²) >= 11 is 0. The number of methoxy groups -OCH3 is 1. The Balaban J connectivity index is 2.18. The molecule has 0 aliphatic carbocycles. The van der Waals surface area contributed by atoms with Gasteiger partial charge in [0.15, 0.2) is 0 Å². The van der Waals surface area contributed by atoms with E-state index in [-0.39, 0.29) is 5.56 Å². The van der Waals surface area contributed by atoms with Crippen LogP contribution in [0.5, 0.6) is 5.75 Å². The van der Waals surface area contributed by atoms with Gasteiger partial charge in [0, 0.05) is 6.20 Å². The van der Waals surface area contributed by atoms with Crippen LogP contribution in [-0.2, 0) is 6.54 Å². The van der Waals surface area contributed by atoms with Crippen LogP contribution in [0.15, 0.2) is 30.5 Å². The Hall–Kier alpha value is -2.50. The molecule has 1 aromatic carbocycles.